The first kappa shape index (κ1) is 26.3. The van der Waals surface area contributed by atoms with Gasteiger partial charge in [0.15, 0.2) is 5.58 Å². The smallest absolute Gasteiger partial charge is 0.160 e. The van der Waals surface area contributed by atoms with Crippen molar-refractivity contribution in [2.45, 2.75) is 6.04 Å². The maximum Gasteiger partial charge on any atom is 0.160 e. The standard InChI is InChI=1S/C42H29N3O/c1-3-14-29(15-4-1)40-41(44-36-21-11-10-20-35(36)43-40)34-25-26-37(42-39(34)33-19-9-12-22-38(33)46-42)45(31-17-5-2-6-18-31)32-24-23-28-13-7-8-16-30(28)27-32/h1-27,36,44H. The van der Waals surface area contributed by atoms with Gasteiger partial charge in [-0.25, -0.2) is 4.99 Å². The molecule has 2 heterocycles. The van der Waals surface area contributed by atoms with Crippen molar-refractivity contribution in [2.24, 2.45) is 4.99 Å². The molecular formula is C42H29N3O. The van der Waals surface area contributed by atoms with Crippen LogP contribution in [0.15, 0.2) is 173 Å². The van der Waals surface area contributed by atoms with Crippen LogP contribution >= 0.6 is 0 Å². The molecule has 1 N–H and O–H groups in total. The number of furan rings is 1. The van der Waals surface area contributed by atoms with Crippen molar-refractivity contribution < 1.29 is 4.42 Å². The number of benzene rings is 6. The van der Waals surface area contributed by atoms with Crippen LogP contribution < -0.4 is 10.2 Å². The molecule has 218 valence electrons. The quantitative estimate of drug-likeness (QED) is 0.216. The lowest BCUT2D eigenvalue weighted by atomic mass is 9.95. The van der Waals surface area contributed by atoms with Gasteiger partial charge in [0.25, 0.3) is 0 Å². The Labute approximate surface area is 266 Å². The highest BCUT2D eigenvalue weighted by Gasteiger charge is 2.28. The van der Waals surface area contributed by atoms with Crippen molar-refractivity contribution >= 4 is 66.9 Å². The van der Waals surface area contributed by atoms with Crippen LogP contribution in [0.3, 0.4) is 0 Å². The maximum atomic E-state index is 6.82. The van der Waals surface area contributed by atoms with Crippen LogP contribution in [0, 0.1) is 0 Å². The summed E-state index contributed by atoms with van der Waals surface area (Å²) in [5, 5.41) is 8.37. The van der Waals surface area contributed by atoms with Gasteiger partial charge in [-0.15, -0.1) is 0 Å². The van der Waals surface area contributed by atoms with E-state index in [-0.39, 0.29) is 6.04 Å². The Kier molecular flexibility index (Phi) is 6.17. The van der Waals surface area contributed by atoms with Gasteiger partial charge in [-0.1, -0.05) is 115 Å². The molecule has 6 aromatic carbocycles. The molecule has 0 bridgehead atoms. The second-order valence-electron chi connectivity index (χ2n) is 11.6. The van der Waals surface area contributed by atoms with Gasteiger partial charge in [0.2, 0.25) is 0 Å². The zero-order valence-electron chi connectivity index (χ0n) is 25.0. The summed E-state index contributed by atoms with van der Waals surface area (Å²) >= 11 is 0. The zero-order valence-corrected chi connectivity index (χ0v) is 25.0. The number of fused-ring (bicyclic) bond motifs is 5. The number of nitrogens with one attached hydrogen (secondary N) is 1. The topological polar surface area (TPSA) is 40.8 Å². The largest absolute Gasteiger partial charge is 0.454 e. The lowest BCUT2D eigenvalue weighted by Crippen LogP contribution is -2.37. The molecule has 2 aliphatic rings. The Morgan fingerprint density at radius 2 is 1.41 bits per heavy atom. The highest BCUT2D eigenvalue weighted by molar-refractivity contribution is 6.18. The van der Waals surface area contributed by atoms with Gasteiger partial charge in [-0.05, 0) is 59.3 Å². The van der Waals surface area contributed by atoms with Crippen LogP contribution in [0.4, 0.5) is 17.1 Å². The SMILES string of the molecule is C1=CC2=NC(c3ccccc3)=C(c3ccc(N(c4ccccc4)c4ccc5ccccc5c4)c4oc5ccccc5c34)NC2C=C1. The summed E-state index contributed by atoms with van der Waals surface area (Å²) in [5.41, 5.74) is 9.78. The Hall–Kier alpha value is -6.13. The van der Waals surface area contributed by atoms with Crippen LogP contribution in [-0.2, 0) is 0 Å². The van der Waals surface area contributed by atoms with E-state index in [1.165, 1.54) is 10.8 Å². The van der Waals surface area contributed by atoms with Crippen LogP contribution in [-0.4, -0.2) is 11.8 Å². The third kappa shape index (κ3) is 4.34. The molecule has 7 aromatic rings. The lowest BCUT2D eigenvalue weighted by Gasteiger charge is -2.29. The molecular weight excluding hydrogens is 562 g/mol. The minimum absolute atomic E-state index is 0.0150. The first-order chi connectivity index (χ1) is 22.8. The van der Waals surface area contributed by atoms with E-state index in [4.69, 9.17) is 9.41 Å². The molecule has 0 saturated carbocycles. The molecule has 0 fully saturated rings. The van der Waals surface area contributed by atoms with E-state index < -0.39 is 0 Å². The molecule has 4 heteroatoms. The minimum atomic E-state index is -0.0150. The average molecular weight is 592 g/mol. The Morgan fingerprint density at radius 1 is 0.652 bits per heavy atom. The predicted molar refractivity (Wildman–Crippen MR) is 192 cm³/mol. The number of para-hydroxylation sites is 2. The van der Waals surface area contributed by atoms with Crippen molar-refractivity contribution in [1.29, 1.82) is 0 Å². The number of hydrogen-bond donors (Lipinski definition) is 1. The molecule has 0 spiro atoms. The van der Waals surface area contributed by atoms with Gasteiger partial charge in [-0.2, -0.15) is 0 Å². The van der Waals surface area contributed by atoms with E-state index in [0.29, 0.717) is 0 Å². The second kappa shape index (κ2) is 10.8. The van der Waals surface area contributed by atoms with Crippen molar-refractivity contribution in [2.75, 3.05) is 4.90 Å². The summed E-state index contributed by atoms with van der Waals surface area (Å²) in [6.07, 6.45) is 8.38. The first-order valence-electron chi connectivity index (χ1n) is 15.6. The second-order valence-corrected chi connectivity index (χ2v) is 11.6. The summed E-state index contributed by atoms with van der Waals surface area (Å²) in [7, 11) is 0. The highest BCUT2D eigenvalue weighted by Crippen LogP contribution is 2.46. The third-order valence-corrected chi connectivity index (χ3v) is 8.85. The molecule has 0 saturated heterocycles. The Morgan fingerprint density at radius 3 is 2.28 bits per heavy atom. The molecule has 4 nitrogen and oxygen atoms in total. The predicted octanol–water partition coefficient (Wildman–Crippen LogP) is 10.6. The molecule has 1 aromatic heterocycles. The number of nitrogens with zero attached hydrogens (tertiary/aromatic N) is 2. The third-order valence-electron chi connectivity index (χ3n) is 8.85. The van der Waals surface area contributed by atoms with E-state index >= 15 is 0 Å². The number of aliphatic imine (C=N–C) groups is 1. The summed E-state index contributed by atoms with van der Waals surface area (Å²) in [5.74, 6) is 0. The average Bonchev–Trinajstić information content (AvgIpc) is 3.52. The van der Waals surface area contributed by atoms with Crippen molar-refractivity contribution in [1.82, 2.24) is 5.32 Å². The van der Waals surface area contributed by atoms with Gasteiger partial charge in [0.1, 0.15) is 5.58 Å². The van der Waals surface area contributed by atoms with Crippen molar-refractivity contribution in [3.63, 3.8) is 0 Å². The molecule has 46 heavy (non-hydrogen) atoms. The van der Waals surface area contributed by atoms with E-state index in [9.17, 15) is 0 Å². The highest BCUT2D eigenvalue weighted by atomic mass is 16.3. The summed E-state index contributed by atoms with van der Waals surface area (Å²) < 4.78 is 6.82. The minimum Gasteiger partial charge on any atom is -0.454 e. The zero-order chi connectivity index (χ0) is 30.5. The molecule has 1 atom stereocenters. The Balaban J connectivity index is 1.34. The van der Waals surface area contributed by atoms with E-state index in [0.717, 1.165) is 67.2 Å². The van der Waals surface area contributed by atoms with Crippen LogP contribution in [0.5, 0.6) is 0 Å². The van der Waals surface area contributed by atoms with Crippen LogP contribution in [0.1, 0.15) is 11.1 Å². The molecule has 1 aliphatic carbocycles. The fraction of sp³-hybridized carbons (Fsp3) is 0.0238. The van der Waals surface area contributed by atoms with Crippen LogP contribution in [0.2, 0.25) is 0 Å². The normalized spacial score (nSPS) is 15.7. The van der Waals surface area contributed by atoms with Crippen molar-refractivity contribution in [3.05, 3.63) is 175 Å². The molecule has 1 unspecified atom stereocenters. The summed E-state index contributed by atoms with van der Waals surface area (Å²) in [6.45, 7) is 0. The van der Waals surface area contributed by atoms with Crippen molar-refractivity contribution in [3.8, 4) is 0 Å². The maximum absolute atomic E-state index is 6.82. The monoisotopic (exact) mass is 591 g/mol. The van der Waals surface area contributed by atoms with Gasteiger partial charge in [-0.3, -0.25) is 0 Å². The van der Waals surface area contributed by atoms with Crippen LogP contribution in [0.25, 0.3) is 44.1 Å². The van der Waals surface area contributed by atoms with E-state index in [1.807, 2.05) is 18.2 Å². The summed E-state index contributed by atoms with van der Waals surface area (Å²) in [4.78, 5) is 7.54. The van der Waals surface area contributed by atoms with E-state index in [2.05, 4.69) is 156 Å². The lowest BCUT2D eigenvalue weighted by molar-refractivity contribution is 0.669. The van der Waals surface area contributed by atoms with E-state index in [1.54, 1.807) is 0 Å². The fourth-order valence-electron chi connectivity index (χ4n) is 6.70. The fourth-order valence-corrected chi connectivity index (χ4v) is 6.70. The first-order valence-corrected chi connectivity index (χ1v) is 15.6. The van der Waals surface area contributed by atoms with Gasteiger partial charge in [0, 0.05) is 33.3 Å². The van der Waals surface area contributed by atoms with Gasteiger partial charge in [0.05, 0.1) is 28.8 Å². The molecule has 1 aliphatic heterocycles. The summed E-state index contributed by atoms with van der Waals surface area (Å²) in [6, 6.07) is 48.8. The number of rotatable bonds is 5. The molecule has 9 rings (SSSR count). The number of anilines is 3. The molecule has 0 radical (unpaired) electrons. The Bertz CT molecular complexity index is 2400. The molecule has 0 amide bonds. The van der Waals surface area contributed by atoms with Gasteiger partial charge < -0.3 is 14.6 Å². The number of allylic oxidation sites excluding steroid dienone is 2. The van der Waals surface area contributed by atoms with Gasteiger partial charge >= 0.3 is 0 Å². The number of hydrogen-bond acceptors (Lipinski definition) is 4.